The van der Waals surface area contributed by atoms with Gasteiger partial charge in [-0.1, -0.05) is 60.7 Å². The van der Waals surface area contributed by atoms with E-state index in [0.717, 1.165) is 11.1 Å². The Morgan fingerprint density at radius 3 is 2.31 bits per heavy atom. The predicted octanol–water partition coefficient (Wildman–Crippen LogP) is 5.63. The summed E-state index contributed by atoms with van der Waals surface area (Å²) in [6, 6.07) is 19.2. The average molecular weight is 487 g/mol. The van der Waals surface area contributed by atoms with E-state index in [-0.39, 0.29) is 29.3 Å². The van der Waals surface area contributed by atoms with Gasteiger partial charge < -0.3 is 14.8 Å². The van der Waals surface area contributed by atoms with Crippen LogP contribution in [0, 0.1) is 17.0 Å². The fraction of sp³-hybridized carbons (Fsp3) is 0.214. The number of esters is 1. The highest BCUT2D eigenvalue weighted by atomic mass is 16.6. The molecule has 1 aliphatic rings. The molecule has 0 spiro atoms. The summed E-state index contributed by atoms with van der Waals surface area (Å²) in [4.78, 5) is 35.1. The maximum atomic E-state index is 12.3. The van der Waals surface area contributed by atoms with Crippen LogP contribution in [0.3, 0.4) is 0 Å². The van der Waals surface area contributed by atoms with Crippen molar-refractivity contribution >= 4 is 23.8 Å². The number of nitrogens with zero attached hydrogens (tertiary/aromatic N) is 1. The Morgan fingerprint density at radius 2 is 1.69 bits per heavy atom. The van der Waals surface area contributed by atoms with E-state index in [1.54, 1.807) is 18.2 Å². The van der Waals surface area contributed by atoms with E-state index < -0.39 is 17.0 Å². The third kappa shape index (κ3) is 5.12. The maximum absolute atomic E-state index is 12.3. The van der Waals surface area contributed by atoms with Gasteiger partial charge in [-0.25, -0.2) is 9.59 Å². The highest BCUT2D eigenvalue weighted by Gasteiger charge is 2.29. The van der Waals surface area contributed by atoms with E-state index >= 15 is 0 Å². The number of fused-ring (bicyclic) bond motifs is 3. The van der Waals surface area contributed by atoms with Crippen LogP contribution in [0.25, 0.3) is 17.2 Å². The van der Waals surface area contributed by atoms with Crippen molar-refractivity contribution in [2.24, 2.45) is 0 Å². The van der Waals surface area contributed by atoms with E-state index in [1.807, 2.05) is 24.3 Å². The molecule has 1 aliphatic carbocycles. The van der Waals surface area contributed by atoms with Crippen LogP contribution < -0.4 is 5.32 Å². The Kier molecular flexibility index (Phi) is 7.44. The summed E-state index contributed by atoms with van der Waals surface area (Å²) in [7, 11) is 1.23. The molecule has 0 atom stereocenters. The van der Waals surface area contributed by atoms with Gasteiger partial charge in [-0.05, 0) is 47.2 Å². The van der Waals surface area contributed by atoms with Crippen molar-refractivity contribution in [3.05, 3.63) is 105 Å². The van der Waals surface area contributed by atoms with Gasteiger partial charge in [0.05, 0.1) is 17.6 Å². The molecule has 0 bridgehead atoms. The second-order valence-corrected chi connectivity index (χ2v) is 8.40. The van der Waals surface area contributed by atoms with Crippen molar-refractivity contribution in [2.45, 2.75) is 19.3 Å². The smallest absolute Gasteiger partial charge is 0.407 e. The molecule has 0 aliphatic heterocycles. The fourth-order valence-corrected chi connectivity index (χ4v) is 4.45. The number of nitro benzene ring substituents is 1. The number of carbonyl (C=O) groups is 2. The minimum atomic E-state index is -0.636. The summed E-state index contributed by atoms with van der Waals surface area (Å²) in [5.74, 6) is -0.646. The zero-order valence-corrected chi connectivity index (χ0v) is 20.0. The third-order valence-electron chi connectivity index (χ3n) is 6.24. The summed E-state index contributed by atoms with van der Waals surface area (Å²) in [6.45, 7) is 2.07. The average Bonchev–Trinajstić information content (AvgIpc) is 3.21. The van der Waals surface area contributed by atoms with Gasteiger partial charge in [-0.2, -0.15) is 0 Å². The van der Waals surface area contributed by atoms with Crippen LogP contribution in [0.15, 0.2) is 66.7 Å². The number of hydrogen-bond donors (Lipinski definition) is 1. The number of rotatable bonds is 8. The first-order valence-electron chi connectivity index (χ1n) is 11.5. The van der Waals surface area contributed by atoms with E-state index in [1.165, 1.54) is 31.2 Å². The van der Waals surface area contributed by atoms with Crippen LogP contribution in [0.4, 0.5) is 10.5 Å². The van der Waals surface area contributed by atoms with Gasteiger partial charge in [-0.15, -0.1) is 0 Å². The Balaban J connectivity index is 1.32. The molecule has 1 amide bonds. The molecule has 0 fully saturated rings. The van der Waals surface area contributed by atoms with E-state index in [2.05, 4.69) is 29.6 Å². The molecule has 184 valence electrons. The number of benzene rings is 3. The SMILES string of the molecule is COC(=O)c1cc(C=CCCNC(=O)OCC2c3ccccc3-c3ccccc32)cc([N+](=O)[O-])c1C. The zero-order valence-electron chi connectivity index (χ0n) is 20.0. The Labute approximate surface area is 208 Å². The van der Waals surface area contributed by atoms with Gasteiger partial charge in [0, 0.05) is 24.1 Å². The molecule has 1 N–H and O–H groups in total. The molecule has 36 heavy (non-hydrogen) atoms. The maximum Gasteiger partial charge on any atom is 0.407 e. The first-order valence-corrected chi connectivity index (χ1v) is 11.5. The third-order valence-corrected chi connectivity index (χ3v) is 6.24. The molecule has 8 heteroatoms. The number of hydrogen-bond acceptors (Lipinski definition) is 6. The Hall–Kier alpha value is -4.46. The van der Waals surface area contributed by atoms with Crippen LogP contribution in [0.5, 0.6) is 0 Å². The van der Waals surface area contributed by atoms with Gasteiger partial charge >= 0.3 is 12.1 Å². The van der Waals surface area contributed by atoms with Crippen LogP contribution >= 0.6 is 0 Å². The van der Waals surface area contributed by atoms with Crippen LogP contribution in [-0.4, -0.2) is 37.2 Å². The number of carbonyl (C=O) groups excluding carboxylic acids is 2. The summed E-state index contributed by atoms with van der Waals surface area (Å²) in [6.07, 6.45) is 3.39. The predicted molar refractivity (Wildman–Crippen MR) is 136 cm³/mol. The first-order chi connectivity index (χ1) is 17.4. The lowest BCUT2D eigenvalue weighted by atomic mass is 9.98. The van der Waals surface area contributed by atoms with E-state index in [4.69, 9.17) is 9.47 Å². The first kappa shape index (κ1) is 24.7. The van der Waals surface area contributed by atoms with Crippen molar-refractivity contribution in [1.82, 2.24) is 5.32 Å². The quantitative estimate of drug-likeness (QED) is 0.191. The lowest BCUT2D eigenvalue weighted by Crippen LogP contribution is -2.26. The molecule has 0 heterocycles. The topological polar surface area (TPSA) is 108 Å². The summed E-state index contributed by atoms with van der Waals surface area (Å²) in [5, 5.41) is 14.1. The van der Waals surface area contributed by atoms with Crippen molar-refractivity contribution < 1.29 is 24.0 Å². The Morgan fingerprint density at radius 1 is 1.06 bits per heavy atom. The van der Waals surface area contributed by atoms with E-state index in [9.17, 15) is 19.7 Å². The highest BCUT2D eigenvalue weighted by molar-refractivity contribution is 5.93. The molecule has 3 aromatic carbocycles. The zero-order chi connectivity index (χ0) is 25.7. The standard InChI is InChI=1S/C28H26N2O6/c1-18-24(27(31)35-2)15-19(16-26(18)30(33)34)9-7-8-14-29-28(32)36-17-25-22-12-5-3-10-20(22)21-11-4-6-13-23(21)25/h3-7,9-13,15-16,25H,8,14,17H2,1-2H3,(H,29,32). The molecule has 8 nitrogen and oxygen atoms in total. The molecule has 3 aromatic rings. The van der Waals surface area contributed by atoms with Gasteiger partial charge in [0.15, 0.2) is 0 Å². The molecule has 0 radical (unpaired) electrons. The second-order valence-electron chi connectivity index (χ2n) is 8.40. The van der Waals surface area contributed by atoms with Crippen LogP contribution in [0.2, 0.25) is 0 Å². The van der Waals surface area contributed by atoms with Gasteiger partial charge in [-0.3, -0.25) is 10.1 Å². The lowest BCUT2D eigenvalue weighted by molar-refractivity contribution is -0.385. The largest absolute Gasteiger partial charge is 0.465 e. The van der Waals surface area contributed by atoms with Crippen molar-refractivity contribution in [3.8, 4) is 11.1 Å². The molecule has 0 aromatic heterocycles. The molecule has 0 unspecified atom stereocenters. The molecular weight excluding hydrogens is 460 g/mol. The van der Waals surface area contributed by atoms with Crippen molar-refractivity contribution in [2.75, 3.05) is 20.3 Å². The lowest BCUT2D eigenvalue weighted by Gasteiger charge is -2.14. The Bertz CT molecular complexity index is 1300. The van der Waals surface area contributed by atoms with Gasteiger partial charge in [0.2, 0.25) is 0 Å². The minimum absolute atomic E-state index is 0.00983. The van der Waals surface area contributed by atoms with Gasteiger partial charge in [0.1, 0.15) is 6.61 Å². The monoisotopic (exact) mass is 486 g/mol. The number of ether oxygens (including phenoxy) is 2. The number of amides is 1. The molecule has 0 saturated heterocycles. The number of alkyl carbamates (subject to hydrolysis) is 1. The second kappa shape index (κ2) is 10.9. The van der Waals surface area contributed by atoms with Gasteiger partial charge in [0.25, 0.3) is 5.69 Å². The highest BCUT2D eigenvalue weighted by Crippen LogP contribution is 2.44. The molecule has 0 saturated carbocycles. The summed E-state index contributed by atoms with van der Waals surface area (Å²) in [5.41, 5.74) is 5.35. The fourth-order valence-electron chi connectivity index (χ4n) is 4.45. The molecular formula is C28H26N2O6. The summed E-state index contributed by atoms with van der Waals surface area (Å²) >= 11 is 0. The van der Waals surface area contributed by atoms with E-state index in [0.29, 0.717) is 18.5 Å². The van der Waals surface area contributed by atoms with Crippen LogP contribution in [-0.2, 0) is 9.47 Å². The summed E-state index contributed by atoms with van der Waals surface area (Å²) < 4.78 is 10.2. The molecule has 4 rings (SSSR count). The van der Waals surface area contributed by atoms with Crippen molar-refractivity contribution in [3.63, 3.8) is 0 Å². The number of nitro groups is 1. The number of nitrogens with one attached hydrogen (secondary N) is 1. The minimum Gasteiger partial charge on any atom is -0.465 e. The normalized spacial score (nSPS) is 12.2. The van der Waals surface area contributed by atoms with Crippen molar-refractivity contribution in [1.29, 1.82) is 0 Å². The number of methoxy groups -OCH3 is 1. The van der Waals surface area contributed by atoms with Crippen LogP contribution in [0.1, 0.15) is 45.0 Å².